The highest BCUT2D eigenvalue weighted by Gasteiger charge is 2.18. The number of nitrogen functional groups attached to an aromatic ring is 1. The van der Waals surface area contributed by atoms with Gasteiger partial charge in [-0.1, -0.05) is 12.6 Å². The number of carbonyl (C=O) groups is 1. The van der Waals surface area contributed by atoms with Gasteiger partial charge in [-0.15, -0.1) is 0 Å². The fraction of sp³-hybridized carbons (Fsp3) is 0.167. The molecule has 0 spiro atoms. The maximum absolute atomic E-state index is 14.8. The number of morpholine rings is 1. The maximum atomic E-state index is 14.8. The molecule has 10 heteroatoms. The molecular weight excluding hydrogens is 437 g/mol. The molecule has 1 aliphatic heterocycles. The first-order valence-electron chi connectivity index (χ1n) is 10.6. The molecule has 34 heavy (non-hydrogen) atoms. The first-order chi connectivity index (χ1) is 16.5. The van der Waals surface area contributed by atoms with Crippen LogP contribution in [0.25, 0.3) is 11.3 Å². The smallest absolute Gasteiger partial charge is 0.247 e. The minimum absolute atomic E-state index is 0.0202. The van der Waals surface area contributed by atoms with E-state index >= 15 is 0 Å². The molecule has 0 aliphatic carbocycles. The van der Waals surface area contributed by atoms with Crippen molar-refractivity contribution in [3.05, 3.63) is 66.5 Å². The average molecular weight is 462 g/mol. The third kappa shape index (κ3) is 5.02. The Morgan fingerprint density at radius 1 is 1.18 bits per heavy atom. The highest BCUT2D eigenvalue weighted by Crippen LogP contribution is 2.31. The molecule has 3 aromatic rings. The lowest BCUT2D eigenvalue weighted by Crippen LogP contribution is -2.36. The Morgan fingerprint density at radius 3 is 2.71 bits per heavy atom. The third-order valence-electron chi connectivity index (χ3n) is 5.27. The second kappa shape index (κ2) is 10.1. The fourth-order valence-corrected chi connectivity index (χ4v) is 3.60. The van der Waals surface area contributed by atoms with Crippen molar-refractivity contribution in [3.63, 3.8) is 0 Å². The Bertz CT molecular complexity index is 1240. The normalized spacial score (nSPS) is 13.3. The van der Waals surface area contributed by atoms with Crippen LogP contribution in [0.15, 0.2) is 55.1 Å². The molecule has 2 aromatic carbocycles. The van der Waals surface area contributed by atoms with E-state index < -0.39 is 11.7 Å². The topological polar surface area (TPSA) is 129 Å². The summed E-state index contributed by atoms with van der Waals surface area (Å²) >= 11 is 0. The summed E-state index contributed by atoms with van der Waals surface area (Å²) in [5, 5.41) is 13.5. The lowest BCUT2D eigenvalue weighted by Gasteiger charge is -2.29. The SMILES string of the molecule is C=CC(=O)Nc1ccc(F)c(-c2nc(Nc3cccc(N4CCOCC4)c3)nc(N)c2C=N)c1. The quantitative estimate of drug-likeness (QED) is 0.313. The molecule has 9 nitrogen and oxygen atoms in total. The number of ether oxygens (including phenoxy) is 1. The molecule has 0 radical (unpaired) electrons. The van der Waals surface area contributed by atoms with Gasteiger partial charge in [0.15, 0.2) is 0 Å². The van der Waals surface area contributed by atoms with Gasteiger partial charge in [0.2, 0.25) is 11.9 Å². The number of nitrogens with one attached hydrogen (secondary N) is 3. The number of amides is 1. The predicted molar refractivity (Wildman–Crippen MR) is 131 cm³/mol. The highest BCUT2D eigenvalue weighted by atomic mass is 19.1. The zero-order chi connectivity index (χ0) is 24.1. The van der Waals surface area contributed by atoms with Crippen LogP contribution < -0.4 is 21.3 Å². The molecule has 1 aliphatic rings. The van der Waals surface area contributed by atoms with Gasteiger partial charge in [0.1, 0.15) is 11.6 Å². The first-order valence-corrected chi connectivity index (χ1v) is 10.6. The number of carbonyl (C=O) groups excluding carboxylic acids is 1. The van der Waals surface area contributed by atoms with Crippen molar-refractivity contribution in [2.45, 2.75) is 0 Å². The Hall–Kier alpha value is -4.31. The molecule has 174 valence electrons. The van der Waals surface area contributed by atoms with Gasteiger partial charge in [-0.2, -0.15) is 4.98 Å². The van der Waals surface area contributed by atoms with Crippen molar-refractivity contribution in [2.75, 3.05) is 47.6 Å². The summed E-state index contributed by atoms with van der Waals surface area (Å²) < 4.78 is 20.2. The zero-order valence-electron chi connectivity index (χ0n) is 18.3. The van der Waals surface area contributed by atoms with E-state index in [0.29, 0.717) is 18.9 Å². The highest BCUT2D eigenvalue weighted by molar-refractivity contribution is 6.00. The molecule has 0 bridgehead atoms. The summed E-state index contributed by atoms with van der Waals surface area (Å²) in [5.74, 6) is -0.850. The number of hydrogen-bond acceptors (Lipinski definition) is 8. The Kier molecular flexibility index (Phi) is 6.79. The minimum Gasteiger partial charge on any atom is -0.383 e. The number of benzene rings is 2. The van der Waals surface area contributed by atoms with Gasteiger partial charge >= 0.3 is 0 Å². The molecule has 1 amide bonds. The van der Waals surface area contributed by atoms with Crippen LogP contribution in [0, 0.1) is 11.2 Å². The van der Waals surface area contributed by atoms with Crippen molar-refractivity contribution >= 4 is 41.0 Å². The minimum atomic E-state index is -0.585. The van der Waals surface area contributed by atoms with Crippen LogP contribution in [-0.2, 0) is 9.53 Å². The van der Waals surface area contributed by atoms with Crippen LogP contribution in [0.5, 0.6) is 0 Å². The van der Waals surface area contributed by atoms with Crippen molar-refractivity contribution in [3.8, 4) is 11.3 Å². The molecule has 1 saturated heterocycles. The lowest BCUT2D eigenvalue weighted by molar-refractivity contribution is -0.111. The van der Waals surface area contributed by atoms with E-state index in [1.54, 1.807) is 0 Å². The average Bonchev–Trinajstić information content (AvgIpc) is 2.85. The summed E-state index contributed by atoms with van der Waals surface area (Å²) in [6.07, 6.45) is 2.09. The van der Waals surface area contributed by atoms with Crippen LogP contribution in [0.3, 0.4) is 0 Å². The third-order valence-corrected chi connectivity index (χ3v) is 5.27. The Morgan fingerprint density at radius 2 is 1.97 bits per heavy atom. The van der Waals surface area contributed by atoms with E-state index in [-0.39, 0.29) is 28.6 Å². The van der Waals surface area contributed by atoms with Gasteiger partial charge < -0.3 is 31.4 Å². The molecule has 4 rings (SSSR count). The molecule has 0 atom stereocenters. The van der Waals surface area contributed by atoms with Crippen molar-refractivity contribution in [1.29, 1.82) is 5.41 Å². The maximum Gasteiger partial charge on any atom is 0.247 e. The van der Waals surface area contributed by atoms with Gasteiger partial charge in [-0.3, -0.25) is 4.79 Å². The number of nitrogens with two attached hydrogens (primary N) is 1. The fourth-order valence-electron chi connectivity index (χ4n) is 3.60. The standard InChI is InChI=1S/C24H24FN7O2/c1-2-21(33)28-16-6-7-20(25)18(13-16)22-19(14-26)23(27)31-24(30-22)29-15-4-3-5-17(12-15)32-8-10-34-11-9-32/h2-7,12-14,26H,1,8-11H2,(H,28,33)(H3,27,29,30,31). The van der Waals surface area contributed by atoms with Crippen LogP contribution in [0.2, 0.25) is 0 Å². The van der Waals surface area contributed by atoms with E-state index in [1.165, 1.54) is 18.2 Å². The molecule has 1 fully saturated rings. The molecule has 0 unspecified atom stereocenters. The largest absolute Gasteiger partial charge is 0.383 e. The number of hydrogen-bond donors (Lipinski definition) is 4. The number of anilines is 5. The van der Waals surface area contributed by atoms with Crippen molar-refractivity contribution < 1.29 is 13.9 Å². The first kappa shape index (κ1) is 22.9. The number of nitrogens with zero attached hydrogens (tertiary/aromatic N) is 3. The molecule has 1 aromatic heterocycles. The van der Waals surface area contributed by atoms with Gasteiger partial charge in [0, 0.05) is 41.9 Å². The number of aromatic nitrogens is 2. The van der Waals surface area contributed by atoms with Gasteiger partial charge in [0.05, 0.1) is 24.5 Å². The summed E-state index contributed by atoms with van der Waals surface area (Å²) in [5.41, 5.74) is 8.55. The van der Waals surface area contributed by atoms with Gasteiger partial charge in [-0.25, -0.2) is 9.37 Å². The van der Waals surface area contributed by atoms with Crippen LogP contribution in [0.4, 0.5) is 33.2 Å². The zero-order valence-corrected chi connectivity index (χ0v) is 18.3. The monoisotopic (exact) mass is 461 g/mol. The summed E-state index contributed by atoms with van der Waals surface area (Å²) in [4.78, 5) is 22.6. The molecular formula is C24H24FN7O2. The van der Waals surface area contributed by atoms with E-state index in [2.05, 4.69) is 32.1 Å². The second-order valence-electron chi connectivity index (χ2n) is 7.50. The second-order valence-corrected chi connectivity index (χ2v) is 7.50. The summed E-state index contributed by atoms with van der Waals surface area (Å²) in [6, 6.07) is 11.8. The molecule has 0 saturated carbocycles. The van der Waals surface area contributed by atoms with E-state index in [9.17, 15) is 9.18 Å². The lowest BCUT2D eigenvalue weighted by atomic mass is 10.1. The van der Waals surface area contributed by atoms with E-state index in [4.69, 9.17) is 15.9 Å². The summed E-state index contributed by atoms with van der Waals surface area (Å²) in [7, 11) is 0. The van der Waals surface area contributed by atoms with Crippen molar-refractivity contribution in [1.82, 2.24) is 9.97 Å². The van der Waals surface area contributed by atoms with Gasteiger partial charge in [-0.05, 0) is 42.5 Å². The predicted octanol–water partition coefficient (Wildman–Crippen LogP) is 3.57. The van der Waals surface area contributed by atoms with Crippen LogP contribution >= 0.6 is 0 Å². The summed E-state index contributed by atoms with van der Waals surface area (Å²) in [6.45, 7) is 6.34. The van der Waals surface area contributed by atoms with Crippen LogP contribution in [0.1, 0.15) is 5.56 Å². The number of rotatable bonds is 7. The van der Waals surface area contributed by atoms with Gasteiger partial charge in [0.25, 0.3) is 0 Å². The molecule has 2 heterocycles. The Labute approximate surface area is 196 Å². The number of halogens is 1. The van der Waals surface area contributed by atoms with E-state index in [1.807, 2.05) is 24.3 Å². The van der Waals surface area contributed by atoms with E-state index in [0.717, 1.165) is 36.8 Å². The van der Waals surface area contributed by atoms with Crippen molar-refractivity contribution in [2.24, 2.45) is 0 Å². The van der Waals surface area contributed by atoms with Crippen LogP contribution in [-0.4, -0.2) is 48.4 Å². The Balaban J connectivity index is 1.69. The molecule has 5 N–H and O–H groups in total.